The third-order valence-corrected chi connectivity index (χ3v) is 1.67. The molecular weight excluding hydrogens is 180 g/mol. The van der Waals surface area contributed by atoms with Crippen LogP contribution >= 0.6 is 0 Å². The standard InChI is InChI=1S/C3H5F3O3S.Li.H/c1-2-9-10(7,8)3(4,5)6;;/h2H2,1H3;;. The van der Waals surface area contributed by atoms with Gasteiger partial charge in [0.05, 0.1) is 6.61 Å². The van der Waals surface area contributed by atoms with Crippen LogP contribution in [0.2, 0.25) is 0 Å². The van der Waals surface area contributed by atoms with Crippen molar-refractivity contribution in [3.63, 3.8) is 0 Å². The zero-order valence-corrected chi connectivity index (χ0v) is 5.79. The van der Waals surface area contributed by atoms with Crippen LogP contribution in [0.5, 0.6) is 0 Å². The van der Waals surface area contributed by atoms with Gasteiger partial charge in [0.25, 0.3) is 0 Å². The van der Waals surface area contributed by atoms with Crippen molar-refractivity contribution in [1.82, 2.24) is 0 Å². The fourth-order valence-corrected chi connectivity index (χ4v) is 0.666. The van der Waals surface area contributed by atoms with E-state index in [9.17, 15) is 21.6 Å². The van der Waals surface area contributed by atoms with Gasteiger partial charge in [0.1, 0.15) is 0 Å². The molecule has 8 heteroatoms. The van der Waals surface area contributed by atoms with Crippen LogP contribution in [0.3, 0.4) is 0 Å². The van der Waals surface area contributed by atoms with Crippen LogP contribution in [0.25, 0.3) is 0 Å². The molecule has 0 saturated heterocycles. The van der Waals surface area contributed by atoms with E-state index in [4.69, 9.17) is 0 Å². The van der Waals surface area contributed by atoms with E-state index in [1.54, 1.807) is 0 Å². The molecule has 0 aliphatic heterocycles. The van der Waals surface area contributed by atoms with Gasteiger partial charge in [-0.15, -0.1) is 0 Å². The number of rotatable bonds is 2. The Kier molecular flexibility index (Phi) is 5.49. The molecule has 0 saturated carbocycles. The van der Waals surface area contributed by atoms with Gasteiger partial charge < -0.3 is 0 Å². The molecule has 0 aromatic carbocycles. The Morgan fingerprint density at radius 3 is 1.82 bits per heavy atom. The normalized spacial score (nSPS) is 12.4. The van der Waals surface area contributed by atoms with E-state index in [-0.39, 0.29) is 18.9 Å². The summed E-state index contributed by atoms with van der Waals surface area (Å²) in [5.41, 5.74) is -5.30. The zero-order chi connectivity index (χ0) is 8.41. The van der Waals surface area contributed by atoms with Gasteiger partial charge in [-0.2, -0.15) is 21.6 Å². The first-order chi connectivity index (χ1) is 4.31. The average Bonchev–Trinajstić information content (AvgIpc) is 1.61. The summed E-state index contributed by atoms with van der Waals surface area (Å²) in [4.78, 5) is 0. The summed E-state index contributed by atoms with van der Waals surface area (Å²) in [5, 5.41) is 0. The van der Waals surface area contributed by atoms with Gasteiger partial charge in [0, 0.05) is 0 Å². The molecule has 0 atom stereocenters. The van der Waals surface area contributed by atoms with Crippen molar-refractivity contribution >= 4 is 29.0 Å². The Bertz CT molecular complexity index is 196. The predicted octanol–water partition coefficient (Wildman–Crippen LogP) is 0.224. The number of halogens is 3. The van der Waals surface area contributed by atoms with Crippen LogP contribution in [-0.2, 0) is 14.3 Å². The molecule has 0 aliphatic rings. The third-order valence-electron chi connectivity index (χ3n) is 0.556. The summed E-state index contributed by atoms with van der Waals surface area (Å²) in [5.74, 6) is 0. The monoisotopic (exact) mass is 186 g/mol. The molecule has 0 bridgehead atoms. The van der Waals surface area contributed by atoms with Crippen molar-refractivity contribution in [2.45, 2.75) is 12.4 Å². The van der Waals surface area contributed by atoms with E-state index < -0.39 is 22.2 Å². The SMILES string of the molecule is CCOS(=O)(=O)C(F)(F)F.[LiH]. The first-order valence-corrected chi connectivity index (χ1v) is 3.68. The molecule has 0 aromatic rings. The maximum absolute atomic E-state index is 11.3. The molecule has 0 spiro atoms. The zero-order valence-electron chi connectivity index (χ0n) is 4.97. The van der Waals surface area contributed by atoms with Crippen LogP contribution in [0, 0.1) is 0 Å². The molecule has 0 aliphatic carbocycles. The molecule has 0 fully saturated rings. The molecule has 0 unspecified atom stereocenters. The summed E-state index contributed by atoms with van der Waals surface area (Å²) in [7, 11) is -5.35. The van der Waals surface area contributed by atoms with Crippen molar-refractivity contribution in [1.29, 1.82) is 0 Å². The van der Waals surface area contributed by atoms with Crippen molar-refractivity contribution in [3.05, 3.63) is 0 Å². The molecule has 0 amide bonds. The van der Waals surface area contributed by atoms with E-state index in [0.29, 0.717) is 0 Å². The third kappa shape index (κ3) is 4.01. The molecule has 0 N–H and O–H groups in total. The van der Waals surface area contributed by atoms with Gasteiger partial charge in [-0.3, -0.25) is 4.18 Å². The van der Waals surface area contributed by atoms with Gasteiger partial charge in [-0.1, -0.05) is 0 Å². The molecule has 0 aromatic heterocycles. The number of alkyl halides is 3. The Morgan fingerprint density at radius 1 is 1.36 bits per heavy atom. The summed E-state index contributed by atoms with van der Waals surface area (Å²) < 4.78 is 57.2. The summed E-state index contributed by atoms with van der Waals surface area (Å²) in [6.07, 6.45) is 0. The van der Waals surface area contributed by atoms with Crippen molar-refractivity contribution < 1.29 is 25.8 Å². The fraction of sp³-hybridized carbons (Fsp3) is 1.00. The van der Waals surface area contributed by atoms with E-state index in [1.807, 2.05) is 0 Å². The molecule has 0 heterocycles. The summed E-state index contributed by atoms with van der Waals surface area (Å²) in [6, 6.07) is 0. The molecular formula is C3H6F3LiO3S. The van der Waals surface area contributed by atoms with E-state index in [2.05, 4.69) is 4.18 Å². The van der Waals surface area contributed by atoms with Crippen molar-refractivity contribution in [2.24, 2.45) is 0 Å². The van der Waals surface area contributed by atoms with Crippen LogP contribution in [0.4, 0.5) is 13.2 Å². The maximum atomic E-state index is 11.3. The van der Waals surface area contributed by atoms with Crippen molar-refractivity contribution in [2.75, 3.05) is 6.61 Å². The first kappa shape index (κ1) is 13.9. The fourth-order valence-electron chi connectivity index (χ4n) is 0.222. The molecule has 0 rings (SSSR count). The van der Waals surface area contributed by atoms with Gasteiger partial charge in [0.2, 0.25) is 0 Å². The summed E-state index contributed by atoms with van der Waals surface area (Å²) >= 11 is 0. The van der Waals surface area contributed by atoms with E-state index in [0.717, 1.165) is 6.92 Å². The molecule has 11 heavy (non-hydrogen) atoms. The van der Waals surface area contributed by atoms with Gasteiger partial charge >= 0.3 is 34.5 Å². The molecule has 64 valence electrons. The van der Waals surface area contributed by atoms with Gasteiger partial charge in [-0.05, 0) is 6.92 Å². The average molecular weight is 186 g/mol. The Hall–Kier alpha value is 0.297. The Labute approximate surface area is 74.2 Å². The molecule has 0 radical (unpaired) electrons. The second-order valence-corrected chi connectivity index (χ2v) is 2.91. The van der Waals surface area contributed by atoms with Gasteiger partial charge in [0.15, 0.2) is 0 Å². The number of hydrogen-bond donors (Lipinski definition) is 0. The second-order valence-electron chi connectivity index (χ2n) is 1.31. The molecule has 3 nitrogen and oxygen atoms in total. The van der Waals surface area contributed by atoms with Crippen LogP contribution in [0.15, 0.2) is 0 Å². The van der Waals surface area contributed by atoms with Crippen LogP contribution < -0.4 is 0 Å². The summed E-state index contributed by atoms with van der Waals surface area (Å²) in [6.45, 7) is 0.644. The van der Waals surface area contributed by atoms with E-state index >= 15 is 0 Å². The minimum atomic E-state index is -5.35. The van der Waals surface area contributed by atoms with E-state index in [1.165, 1.54) is 0 Å². The topological polar surface area (TPSA) is 43.4 Å². The Balaban J connectivity index is 0. The quantitative estimate of drug-likeness (QED) is 0.352. The number of hydrogen-bond acceptors (Lipinski definition) is 3. The second kappa shape index (κ2) is 4.35. The van der Waals surface area contributed by atoms with Crippen molar-refractivity contribution in [3.8, 4) is 0 Å². The minimum absolute atomic E-state index is 0. The predicted molar refractivity (Wildman–Crippen MR) is 33.7 cm³/mol. The van der Waals surface area contributed by atoms with Crippen LogP contribution in [0.1, 0.15) is 6.92 Å². The van der Waals surface area contributed by atoms with Crippen LogP contribution in [-0.4, -0.2) is 39.4 Å². The first-order valence-electron chi connectivity index (χ1n) is 2.27. The van der Waals surface area contributed by atoms with Gasteiger partial charge in [-0.25, -0.2) is 0 Å². The Morgan fingerprint density at radius 2 is 1.73 bits per heavy atom.